The van der Waals surface area contributed by atoms with Gasteiger partial charge >= 0.3 is 0 Å². The number of pyridine rings is 1. The first-order valence-electron chi connectivity index (χ1n) is 5.65. The van der Waals surface area contributed by atoms with Crippen LogP contribution in [0.1, 0.15) is 12.6 Å². The monoisotopic (exact) mass is 295 g/mol. The van der Waals surface area contributed by atoms with Crippen molar-refractivity contribution in [3.63, 3.8) is 0 Å². The number of aromatic nitrogens is 5. The van der Waals surface area contributed by atoms with E-state index >= 15 is 0 Å². The van der Waals surface area contributed by atoms with Crippen molar-refractivity contribution >= 4 is 22.5 Å². The fourth-order valence-corrected chi connectivity index (χ4v) is 1.90. The molecule has 0 aliphatic carbocycles. The van der Waals surface area contributed by atoms with Crippen LogP contribution < -0.4 is 0 Å². The zero-order valence-electron chi connectivity index (χ0n) is 10.3. The van der Waals surface area contributed by atoms with Crippen LogP contribution in [0.2, 0.25) is 5.15 Å². The standard InChI is InChI=1S/C12H8ClF2N5/c1-12(14,15)9-5-16-6-11(19-9)20-8-2-10(13)17-3-7(8)4-18-20/h2-6H,1H3. The van der Waals surface area contributed by atoms with Gasteiger partial charge in [-0.05, 0) is 0 Å². The highest BCUT2D eigenvalue weighted by molar-refractivity contribution is 6.30. The molecule has 3 rings (SSSR count). The first-order chi connectivity index (χ1) is 9.45. The maximum atomic E-state index is 13.3. The van der Waals surface area contributed by atoms with Crippen LogP contribution in [0, 0.1) is 0 Å². The Labute approximate surface area is 117 Å². The molecule has 0 radical (unpaired) electrons. The molecular formula is C12H8ClF2N5. The Kier molecular flexibility index (Phi) is 2.86. The number of halogens is 3. The van der Waals surface area contributed by atoms with Crippen LogP contribution >= 0.6 is 11.6 Å². The average molecular weight is 296 g/mol. The van der Waals surface area contributed by atoms with Gasteiger partial charge in [-0.25, -0.2) is 14.6 Å². The summed E-state index contributed by atoms with van der Waals surface area (Å²) in [6.45, 7) is 0.767. The Morgan fingerprint density at radius 1 is 1.20 bits per heavy atom. The van der Waals surface area contributed by atoms with Crippen LogP contribution in [0.3, 0.4) is 0 Å². The minimum Gasteiger partial charge on any atom is -0.259 e. The third-order valence-corrected chi connectivity index (χ3v) is 2.91. The second kappa shape index (κ2) is 4.45. The molecular weight excluding hydrogens is 288 g/mol. The van der Waals surface area contributed by atoms with Gasteiger partial charge in [-0.1, -0.05) is 11.6 Å². The molecule has 0 N–H and O–H groups in total. The molecule has 3 aromatic rings. The van der Waals surface area contributed by atoms with Crippen LogP contribution in [0.4, 0.5) is 8.78 Å². The van der Waals surface area contributed by atoms with E-state index in [0.717, 1.165) is 18.5 Å². The summed E-state index contributed by atoms with van der Waals surface area (Å²) in [6, 6.07) is 1.59. The summed E-state index contributed by atoms with van der Waals surface area (Å²) >= 11 is 5.83. The highest BCUT2D eigenvalue weighted by Gasteiger charge is 2.27. The molecule has 20 heavy (non-hydrogen) atoms. The minimum atomic E-state index is -3.06. The van der Waals surface area contributed by atoms with E-state index < -0.39 is 11.6 Å². The van der Waals surface area contributed by atoms with E-state index in [1.807, 2.05) is 0 Å². The summed E-state index contributed by atoms with van der Waals surface area (Å²) in [7, 11) is 0. The van der Waals surface area contributed by atoms with E-state index in [9.17, 15) is 8.78 Å². The molecule has 0 saturated carbocycles. The van der Waals surface area contributed by atoms with Crippen LogP contribution in [-0.2, 0) is 5.92 Å². The fourth-order valence-electron chi connectivity index (χ4n) is 1.75. The van der Waals surface area contributed by atoms with Crippen molar-refractivity contribution in [2.75, 3.05) is 0 Å². The van der Waals surface area contributed by atoms with E-state index in [4.69, 9.17) is 11.6 Å². The normalized spacial score (nSPS) is 12.0. The lowest BCUT2D eigenvalue weighted by atomic mass is 10.3. The van der Waals surface area contributed by atoms with Crippen LogP contribution in [0.5, 0.6) is 0 Å². The third kappa shape index (κ3) is 2.20. The SMILES string of the molecule is CC(F)(F)c1cncc(-n2ncc3cnc(Cl)cc32)n1. The predicted molar refractivity (Wildman–Crippen MR) is 69.0 cm³/mol. The van der Waals surface area contributed by atoms with Crippen LogP contribution in [0.25, 0.3) is 16.7 Å². The summed E-state index contributed by atoms with van der Waals surface area (Å²) in [5, 5.41) is 5.11. The lowest BCUT2D eigenvalue weighted by molar-refractivity contribution is 0.0123. The molecule has 0 aliphatic rings. The molecule has 5 nitrogen and oxygen atoms in total. The van der Waals surface area contributed by atoms with Gasteiger partial charge in [0.1, 0.15) is 10.8 Å². The third-order valence-electron chi connectivity index (χ3n) is 2.71. The smallest absolute Gasteiger partial charge is 0.259 e. The largest absolute Gasteiger partial charge is 0.288 e. The highest BCUT2D eigenvalue weighted by Crippen LogP contribution is 2.25. The van der Waals surface area contributed by atoms with Gasteiger partial charge in [0, 0.05) is 24.6 Å². The molecule has 0 unspecified atom stereocenters. The van der Waals surface area contributed by atoms with Crippen molar-refractivity contribution in [3.05, 3.63) is 41.7 Å². The molecule has 3 heterocycles. The zero-order chi connectivity index (χ0) is 14.3. The predicted octanol–water partition coefficient (Wildman–Crippen LogP) is 2.98. The first kappa shape index (κ1) is 12.9. The highest BCUT2D eigenvalue weighted by atomic mass is 35.5. The molecule has 3 aromatic heterocycles. The molecule has 0 fully saturated rings. The van der Waals surface area contributed by atoms with Gasteiger partial charge in [0.2, 0.25) is 0 Å². The second-order valence-electron chi connectivity index (χ2n) is 4.27. The van der Waals surface area contributed by atoms with Gasteiger partial charge in [0.25, 0.3) is 5.92 Å². The van der Waals surface area contributed by atoms with Gasteiger partial charge < -0.3 is 0 Å². The fraction of sp³-hybridized carbons (Fsp3) is 0.167. The molecule has 102 valence electrons. The lowest BCUT2D eigenvalue weighted by Crippen LogP contribution is -2.12. The summed E-state index contributed by atoms with van der Waals surface area (Å²) in [6.07, 6.45) is 5.49. The number of fused-ring (bicyclic) bond motifs is 1. The maximum absolute atomic E-state index is 13.3. The number of nitrogens with zero attached hydrogens (tertiary/aromatic N) is 5. The number of hydrogen-bond donors (Lipinski definition) is 0. The number of hydrogen-bond acceptors (Lipinski definition) is 4. The minimum absolute atomic E-state index is 0.196. The Bertz CT molecular complexity index is 781. The average Bonchev–Trinajstić information content (AvgIpc) is 2.81. The van der Waals surface area contributed by atoms with Gasteiger partial charge in [-0.3, -0.25) is 4.98 Å². The van der Waals surface area contributed by atoms with Gasteiger partial charge in [-0.15, -0.1) is 0 Å². The Hall–Kier alpha value is -2.15. The van der Waals surface area contributed by atoms with Crippen LogP contribution in [-0.4, -0.2) is 24.7 Å². The van der Waals surface area contributed by atoms with E-state index in [1.165, 1.54) is 10.9 Å². The molecule has 0 amide bonds. The summed E-state index contributed by atoms with van der Waals surface area (Å²) < 4.78 is 28.0. The lowest BCUT2D eigenvalue weighted by Gasteiger charge is -2.10. The van der Waals surface area contributed by atoms with Gasteiger partial charge in [0.05, 0.1) is 24.1 Å². The van der Waals surface area contributed by atoms with Crippen molar-refractivity contribution in [2.24, 2.45) is 0 Å². The Morgan fingerprint density at radius 3 is 2.75 bits per heavy atom. The molecule has 0 spiro atoms. The second-order valence-corrected chi connectivity index (χ2v) is 4.66. The number of alkyl halides is 2. The quantitative estimate of drug-likeness (QED) is 0.682. The van der Waals surface area contributed by atoms with Crippen LogP contribution in [0.15, 0.2) is 30.9 Å². The summed E-state index contributed by atoms with van der Waals surface area (Å²) in [5.41, 5.74) is 0.203. The summed E-state index contributed by atoms with van der Waals surface area (Å²) in [4.78, 5) is 11.6. The van der Waals surface area contributed by atoms with E-state index in [-0.39, 0.29) is 11.0 Å². The van der Waals surface area contributed by atoms with Crippen molar-refractivity contribution in [2.45, 2.75) is 12.8 Å². The molecule has 0 atom stereocenters. The molecule has 0 aromatic carbocycles. The maximum Gasteiger partial charge on any atom is 0.288 e. The Morgan fingerprint density at radius 2 is 2.00 bits per heavy atom. The van der Waals surface area contributed by atoms with E-state index in [1.54, 1.807) is 18.5 Å². The summed E-state index contributed by atoms with van der Waals surface area (Å²) in [5.74, 6) is -2.87. The first-order valence-corrected chi connectivity index (χ1v) is 6.03. The van der Waals surface area contributed by atoms with Crippen molar-refractivity contribution in [1.82, 2.24) is 24.7 Å². The van der Waals surface area contributed by atoms with Crippen molar-refractivity contribution < 1.29 is 8.78 Å². The molecule has 0 bridgehead atoms. The van der Waals surface area contributed by atoms with E-state index in [2.05, 4.69) is 20.1 Å². The molecule has 8 heteroatoms. The number of rotatable bonds is 2. The Balaban J connectivity index is 2.18. The van der Waals surface area contributed by atoms with E-state index in [0.29, 0.717) is 5.52 Å². The van der Waals surface area contributed by atoms with Gasteiger partial charge in [-0.2, -0.15) is 13.9 Å². The molecule has 0 saturated heterocycles. The van der Waals surface area contributed by atoms with Crippen molar-refractivity contribution in [1.29, 1.82) is 0 Å². The van der Waals surface area contributed by atoms with Gasteiger partial charge in [0.15, 0.2) is 5.82 Å². The van der Waals surface area contributed by atoms with Crippen molar-refractivity contribution in [3.8, 4) is 5.82 Å². The zero-order valence-corrected chi connectivity index (χ0v) is 11.0. The molecule has 0 aliphatic heterocycles. The topological polar surface area (TPSA) is 56.5 Å².